The quantitative estimate of drug-likeness (QED) is 0.730. The number of carbonyl (C=O) groups is 3. The first kappa shape index (κ1) is 19.7. The van der Waals surface area contributed by atoms with Gasteiger partial charge in [0.1, 0.15) is 10.9 Å². The highest BCUT2D eigenvalue weighted by atomic mass is 32.1. The number of hydrogen-bond donors (Lipinski definition) is 2. The van der Waals surface area contributed by atoms with E-state index in [9.17, 15) is 14.4 Å². The Bertz CT molecular complexity index is 783. The van der Waals surface area contributed by atoms with Crippen LogP contribution in [0.4, 0.5) is 0 Å². The highest BCUT2D eigenvalue weighted by molar-refractivity contribution is 7.12. The number of benzene rings is 1. The van der Waals surface area contributed by atoms with Gasteiger partial charge in [0.25, 0.3) is 5.91 Å². The van der Waals surface area contributed by atoms with Gasteiger partial charge in [-0.3, -0.25) is 9.59 Å². The average Bonchev–Trinajstić information content (AvgIpc) is 3.10. The second-order valence-corrected chi connectivity index (χ2v) is 6.71. The lowest BCUT2D eigenvalue weighted by Crippen LogP contribution is -2.46. The predicted octanol–water partition coefficient (Wildman–Crippen LogP) is 2.52. The number of nitrogens with one attached hydrogen (secondary N) is 2. The van der Waals surface area contributed by atoms with Gasteiger partial charge in [0, 0.05) is 12.1 Å². The molecule has 138 valence electrons. The van der Waals surface area contributed by atoms with Crippen LogP contribution in [0.1, 0.15) is 29.1 Å². The van der Waals surface area contributed by atoms with Gasteiger partial charge in [-0.1, -0.05) is 29.8 Å². The molecule has 2 rings (SSSR count). The first-order chi connectivity index (χ1) is 12.4. The summed E-state index contributed by atoms with van der Waals surface area (Å²) in [7, 11) is 0. The molecule has 26 heavy (non-hydrogen) atoms. The van der Waals surface area contributed by atoms with Gasteiger partial charge in [-0.15, -0.1) is 11.3 Å². The van der Waals surface area contributed by atoms with Crippen LogP contribution in [0.2, 0.25) is 0 Å². The van der Waals surface area contributed by atoms with Gasteiger partial charge >= 0.3 is 5.97 Å². The van der Waals surface area contributed by atoms with E-state index in [0.717, 1.165) is 16.7 Å². The van der Waals surface area contributed by atoms with Gasteiger partial charge < -0.3 is 15.4 Å². The summed E-state index contributed by atoms with van der Waals surface area (Å²) in [6.45, 7) is 5.40. The number of ether oxygens (including phenoxy) is 1. The molecule has 2 N–H and O–H groups in total. The van der Waals surface area contributed by atoms with Crippen molar-refractivity contribution in [3.8, 4) is 11.1 Å². The fourth-order valence-corrected chi connectivity index (χ4v) is 3.11. The van der Waals surface area contributed by atoms with E-state index in [1.165, 1.54) is 11.3 Å². The molecule has 2 aromatic rings. The van der Waals surface area contributed by atoms with Gasteiger partial charge in [0.15, 0.2) is 6.61 Å². The Morgan fingerprint density at radius 1 is 1.15 bits per heavy atom. The molecular formula is C19H22N2O4S. The topological polar surface area (TPSA) is 84.5 Å². The van der Waals surface area contributed by atoms with Crippen molar-refractivity contribution in [1.29, 1.82) is 0 Å². The minimum atomic E-state index is -0.689. The molecule has 1 heterocycles. The van der Waals surface area contributed by atoms with E-state index < -0.39 is 24.5 Å². The van der Waals surface area contributed by atoms with Crippen LogP contribution in [-0.4, -0.2) is 37.0 Å². The third-order valence-electron chi connectivity index (χ3n) is 3.67. The van der Waals surface area contributed by atoms with Gasteiger partial charge in [-0.05, 0) is 37.8 Å². The normalized spacial score (nSPS) is 11.5. The van der Waals surface area contributed by atoms with Crippen LogP contribution in [0.5, 0.6) is 0 Å². The molecule has 0 saturated carbocycles. The Labute approximate surface area is 156 Å². The van der Waals surface area contributed by atoms with E-state index in [1.54, 1.807) is 13.8 Å². The molecule has 1 aromatic heterocycles. The SMILES string of the molecule is CCNC(=O)[C@H](C)NC(=O)COC(=O)c1sccc1-c1ccc(C)cc1. The molecule has 0 fully saturated rings. The van der Waals surface area contributed by atoms with Crippen LogP contribution in [0.15, 0.2) is 35.7 Å². The molecule has 1 aromatic carbocycles. The van der Waals surface area contributed by atoms with Crippen LogP contribution in [0, 0.1) is 6.92 Å². The standard InChI is InChI=1S/C19H22N2O4S/c1-4-20-18(23)13(3)21-16(22)11-25-19(24)17-15(9-10-26-17)14-7-5-12(2)6-8-14/h5-10,13H,4,11H2,1-3H3,(H,20,23)(H,21,22)/t13-/m0/s1. The minimum absolute atomic E-state index is 0.285. The summed E-state index contributed by atoms with van der Waals surface area (Å²) < 4.78 is 5.10. The monoisotopic (exact) mass is 374 g/mol. The van der Waals surface area contributed by atoms with Crippen LogP contribution in [-0.2, 0) is 14.3 Å². The summed E-state index contributed by atoms with van der Waals surface area (Å²) in [4.78, 5) is 36.2. The van der Waals surface area contributed by atoms with Crippen molar-refractivity contribution in [2.45, 2.75) is 26.8 Å². The third kappa shape index (κ3) is 5.16. The zero-order chi connectivity index (χ0) is 19.1. The number of carbonyl (C=O) groups excluding carboxylic acids is 3. The van der Waals surface area contributed by atoms with E-state index >= 15 is 0 Å². The number of thiophene rings is 1. The van der Waals surface area contributed by atoms with Crippen molar-refractivity contribution in [2.75, 3.05) is 13.2 Å². The Kier molecular flexibility index (Phi) is 6.91. The molecular weight excluding hydrogens is 352 g/mol. The van der Waals surface area contributed by atoms with Crippen molar-refractivity contribution in [1.82, 2.24) is 10.6 Å². The molecule has 0 aliphatic rings. The zero-order valence-corrected chi connectivity index (χ0v) is 15.8. The van der Waals surface area contributed by atoms with Crippen LogP contribution in [0.25, 0.3) is 11.1 Å². The lowest BCUT2D eigenvalue weighted by molar-refractivity contribution is -0.130. The molecule has 0 saturated heterocycles. The highest BCUT2D eigenvalue weighted by Gasteiger charge is 2.19. The van der Waals surface area contributed by atoms with Crippen molar-refractivity contribution in [2.24, 2.45) is 0 Å². The van der Waals surface area contributed by atoms with Crippen LogP contribution < -0.4 is 10.6 Å². The molecule has 0 aliphatic heterocycles. The average molecular weight is 374 g/mol. The summed E-state index contributed by atoms with van der Waals surface area (Å²) in [5.41, 5.74) is 2.82. The molecule has 1 atom stereocenters. The molecule has 0 aliphatic carbocycles. The lowest BCUT2D eigenvalue weighted by Gasteiger charge is -2.13. The van der Waals surface area contributed by atoms with Gasteiger partial charge in [0.2, 0.25) is 5.91 Å². The van der Waals surface area contributed by atoms with Crippen molar-refractivity contribution >= 4 is 29.1 Å². The smallest absolute Gasteiger partial charge is 0.349 e. The largest absolute Gasteiger partial charge is 0.451 e. The molecule has 6 nitrogen and oxygen atoms in total. The fourth-order valence-electron chi connectivity index (χ4n) is 2.30. The number of hydrogen-bond acceptors (Lipinski definition) is 5. The van der Waals surface area contributed by atoms with Crippen molar-refractivity contribution < 1.29 is 19.1 Å². The Morgan fingerprint density at radius 3 is 2.50 bits per heavy atom. The number of likely N-dealkylation sites (N-methyl/N-ethyl adjacent to an activating group) is 1. The van der Waals surface area contributed by atoms with Crippen molar-refractivity contribution in [3.63, 3.8) is 0 Å². The molecule has 0 bridgehead atoms. The van der Waals surface area contributed by atoms with Gasteiger partial charge in [-0.25, -0.2) is 4.79 Å². The fraction of sp³-hybridized carbons (Fsp3) is 0.316. The zero-order valence-electron chi connectivity index (χ0n) is 15.0. The molecule has 0 spiro atoms. The minimum Gasteiger partial charge on any atom is -0.451 e. The molecule has 2 amide bonds. The molecule has 7 heteroatoms. The van der Waals surface area contributed by atoms with E-state index in [-0.39, 0.29) is 5.91 Å². The van der Waals surface area contributed by atoms with Gasteiger partial charge in [0.05, 0.1) is 0 Å². The first-order valence-corrected chi connectivity index (χ1v) is 9.19. The van der Waals surface area contributed by atoms with Crippen LogP contribution >= 0.6 is 11.3 Å². The summed E-state index contributed by atoms with van der Waals surface area (Å²) in [5, 5.41) is 6.91. The lowest BCUT2D eigenvalue weighted by atomic mass is 10.1. The summed E-state index contributed by atoms with van der Waals surface area (Å²) in [6, 6.07) is 8.98. The summed E-state index contributed by atoms with van der Waals surface area (Å²) >= 11 is 1.26. The summed E-state index contributed by atoms with van der Waals surface area (Å²) in [6.07, 6.45) is 0. The maximum absolute atomic E-state index is 12.3. The molecule has 0 unspecified atom stereocenters. The van der Waals surface area contributed by atoms with E-state index in [1.807, 2.05) is 42.6 Å². The summed E-state index contributed by atoms with van der Waals surface area (Å²) in [5.74, 6) is -1.37. The van der Waals surface area contributed by atoms with Crippen molar-refractivity contribution in [3.05, 3.63) is 46.2 Å². The number of rotatable bonds is 7. The number of aryl methyl sites for hydroxylation is 1. The Hall–Kier alpha value is -2.67. The van der Waals surface area contributed by atoms with E-state index in [2.05, 4.69) is 10.6 Å². The maximum Gasteiger partial charge on any atom is 0.349 e. The van der Waals surface area contributed by atoms with Crippen LogP contribution in [0.3, 0.4) is 0 Å². The first-order valence-electron chi connectivity index (χ1n) is 8.31. The third-order valence-corrected chi connectivity index (χ3v) is 4.56. The van der Waals surface area contributed by atoms with Gasteiger partial charge in [-0.2, -0.15) is 0 Å². The second-order valence-electron chi connectivity index (χ2n) is 5.79. The second kappa shape index (κ2) is 9.15. The Morgan fingerprint density at radius 2 is 1.85 bits per heavy atom. The number of amides is 2. The molecule has 0 radical (unpaired) electrons. The number of esters is 1. The van der Waals surface area contributed by atoms with E-state index in [0.29, 0.717) is 11.4 Å². The maximum atomic E-state index is 12.3. The highest BCUT2D eigenvalue weighted by Crippen LogP contribution is 2.29. The van der Waals surface area contributed by atoms with E-state index in [4.69, 9.17) is 4.74 Å². The Balaban J connectivity index is 1.95. The predicted molar refractivity (Wildman–Crippen MR) is 101 cm³/mol.